The molecule has 21 heavy (non-hydrogen) atoms. The van der Waals surface area contributed by atoms with Crippen molar-refractivity contribution in [2.45, 2.75) is 51.0 Å². The molecule has 0 unspecified atom stereocenters. The SMILES string of the molecule is CCCC(C)(C)NC(=O)c1cc(S(=O)(=O)Cl)cc(C)c1F. The molecule has 1 aromatic rings. The molecule has 0 saturated carbocycles. The zero-order chi connectivity index (χ0) is 16.4. The van der Waals surface area contributed by atoms with Gasteiger partial charge in [-0.25, -0.2) is 12.8 Å². The minimum absolute atomic E-state index is 0.0511. The summed E-state index contributed by atoms with van der Waals surface area (Å²) < 4.78 is 36.8. The van der Waals surface area contributed by atoms with Crippen molar-refractivity contribution in [3.05, 3.63) is 29.1 Å². The maximum atomic E-state index is 14.1. The first kappa shape index (κ1) is 17.9. The summed E-state index contributed by atoms with van der Waals surface area (Å²) in [4.78, 5) is 11.9. The zero-order valence-electron chi connectivity index (χ0n) is 12.5. The first-order valence-corrected chi connectivity index (χ1v) is 8.86. The van der Waals surface area contributed by atoms with E-state index in [-0.39, 0.29) is 16.0 Å². The van der Waals surface area contributed by atoms with Crippen molar-refractivity contribution in [1.82, 2.24) is 5.32 Å². The fourth-order valence-electron chi connectivity index (χ4n) is 2.10. The third-order valence-electron chi connectivity index (χ3n) is 3.08. The van der Waals surface area contributed by atoms with Gasteiger partial charge in [-0.1, -0.05) is 13.3 Å². The molecule has 0 saturated heterocycles. The Morgan fingerprint density at radius 2 is 1.95 bits per heavy atom. The zero-order valence-corrected chi connectivity index (χ0v) is 14.0. The van der Waals surface area contributed by atoms with Crippen LogP contribution in [0.15, 0.2) is 17.0 Å². The van der Waals surface area contributed by atoms with Crippen LogP contribution in [0.25, 0.3) is 0 Å². The molecule has 0 aliphatic carbocycles. The monoisotopic (exact) mass is 335 g/mol. The van der Waals surface area contributed by atoms with Gasteiger partial charge in [-0.15, -0.1) is 0 Å². The van der Waals surface area contributed by atoms with E-state index in [1.165, 1.54) is 6.92 Å². The highest BCUT2D eigenvalue weighted by Gasteiger charge is 2.24. The van der Waals surface area contributed by atoms with Gasteiger partial charge < -0.3 is 5.32 Å². The van der Waals surface area contributed by atoms with Crippen LogP contribution in [0, 0.1) is 12.7 Å². The smallest absolute Gasteiger partial charge is 0.261 e. The van der Waals surface area contributed by atoms with Gasteiger partial charge >= 0.3 is 0 Å². The maximum absolute atomic E-state index is 14.1. The van der Waals surface area contributed by atoms with Crippen molar-refractivity contribution in [1.29, 1.82) is 0 Å². The van der Waals surface area contributed by atoms with E-state index in [0.717, 1.165) is 18.6 Å². The normalized spacial score (nSPS) is 12.3. The fraction of sp³-hybridized carbons (Fsp3) is 0.500. The van der Waals surface area contributed by atoms with Gasteiger partial charge in [0, 0.05) is 16.2 Å². The second kappa shape index (κ2) is 6.32. The number of halogens is 2. The number of rotatable bonds is 5. The Hall–Kier alpha value is -1.14. The Bertz CT molecular complexity index is 656. The van der Waals surface area contributed by atoms with Gasteiger partial charge in [0.2, 0.25) is 0 Å². The van der Waals surface area contributed by atoms with Crippen molar-refractivity contribution in [2.24, 2.45) is 0 Å². The van der Waals surface area contributed by atoms with Crippen LogP contribution >= 0.6 is 10.7 Å². The highest BCUT2D eigenvalue weighted by atomic mass is 35.7. The Kier molecular flexibility index (Phi) is 5.39. The van der Waals surface area contributed by atoms with Crippen LogP contribution in [0.3, 0.4) is 0 Å². The quantitative estimate of drug-likeness (QED) is 0.839. The molecule has 0 heterocycles. The summed E-state index contributed by atoms with van der Waals surface area (Å²) in [6, 6.07) is 2.06. The lowest BCUT2D eigenvalue weighted by Crippen LogP contribution is -2.43. The van der Waals surface area contributed by atoms with Crippen LogP contribution in [0.5, 0.6) is 0 Å². The summed E-state index contributed by atoms with van der Waals surface area (Å²) in [5.74, 6) is -1.40. The van der Waals surface area contributed by atoms with Crippen LogP contribution in [-0.2, 0) is 9.05 Å². The molecule has 1 rings (SSSR count). The summed E-state index contributed by atoms with van der Waals surface area (Å²) in [6.07, 6.45) is 1.57. The average Bonchev–Trinajstić information content (AvgIpc) is 2.29. The number of carbonyl (C=O) groups is 1. The minimum atomic E-state index is -4.03. The molecule has 1 aromatic carbocycles. The maximum Gasteiger partial charge on any atom is 0.261 e. The first-order chi connectivity index (χ1) is 9.48. The summed E-state index contributed by atoms with van der Waals surface area (Å²) in [7, 11) is 1.23. The molecule has 4 nitrogen and oxygen atoms in total. The van der Waals surface area contributed by atoms with E-state index < -0.39 is 26.3 Å². The molecule has 118 valence electrons. The van der Waals surface area contributed by atoms with Gasteiger partial charge in [0.15, 0.2) is 0 Å². The van der Waals surface area contributed by atoms with Crippen molar-refractivity contribution < 1.29 is 17.6 Å². The summed E-state index contributed by atoms with van der Waals surface area (Å²) in [5, 5.41) is 2.70. The van der Waals surface area contributed by atoms with E-state index in [1.54, 1.807) is 0 Å². The van der Waals surface area contributed by atoms with Crippen molar-refractivity contribution in [2.75, 3.05) is 0 Å². The Balaban J connectivity index is 3.24. The lowest BCUT2D eigenvalue weighted by atomic mass is 9.98. The predicted molar refractivity (Wildman–Crippen MR) is 80.6 cm³/mol. The van der Waals surface area contributed by atoms with Crippen molar-refractivity contribution >= 4 is 25.6 Å². The largest absolute Gasteiger partial charge is 0.347 e. The van der Waals surface area contributed by atoms with E-state index in [2.05, 4.69) is 5.32 Å². The molecule has 0 aliphatic heterocycles. The number of nitrogens with one attached hydrogen (secondary N) is 1. The third kappa shape index (κ3) is 4.68. The first-order valence-electron chi connectivity index (χ1n) is 6.55. The van der Waals surface area contributed by atoms with Crippen molar-refractivity contribution in [3.8, 4) is 0 Å². The van der Waals surface area contributed by atoms with E-state index in [4.69, 9.17) is 10.7 Å². The van der Waals surface area contributed by atoms with Gasteiger partial charge in [0.1, 0.15) is 5.82 Å². The fourth-order valence-corrected chi connectivity index (χ4v) is 2.95. The van der Waals surface area contributed by atoms with Crippen LogP contribution < -0.4 is 5.32 Å². The molecule has 0 aromatic heterocycles. The number of amides is 1. The molecule has 0 fully saturated rings. The van der Waals surface area contributed by atoms with Crippen LogP contribution in [-0.4, -0.2) is 19.9 Å². The topological polar surface area (TPSA) is 63.2 Å². The second-order valence-corrected chi connectivity index (χ2v) is 8.19. The number of hydrogen-bond donors (Lipinski definition) is 1. The molecule has 1 amide bonds. The van der Waals surface area contributed by atoms with Gasteiger partial charge in [0.25, 0.3) is 15.0 Å². The standard InChI is InChI=1S/C14H19ClFNO3S/c1-5-6-14(3,4)17-13(18)11-8-10(21(15,19)20)7-9(2)12(11)16/h7-8H,5-6H2,1-4H3,(H,17,18). The molecule has 0 radical (unpaired) electrons. The average molecular weight is 336 g/mol. The van der Waals surface area contributed by atoms with Crippen LogP contribution in [0.1, 0.15) is 49.5 Å². The van der Waals surface area contributed by atoms with Crippen molar-refractivity contribution in [3.63, 3.8) is 0 Å². The summed E-state index contributed by atoms with van der Waals surface area (Å²) >= 11 is 0. The molecule has 0 spiro atoms. The van der Waals surface area contributed by atoms with Crippen LogP contribution in [0.2, 0.25) is 0 Å². The predicted octanol–water partition coefficient (Wildman–Crippen LogP) is 3.37. The number of carbonyl (C=O) groups excluding carboxylic acids is 1. The molecule has 0 aliphatic rings. The molecule has 7 heteroatoms. The summed E-state index contributed by atoms with van der Waals surface area (Å²) in [6.45, 7) is 7.00. The van der Waals surface area contributed by atoms with E-state index in [1.807, 2.05) is 20.8 Å². The molecular weight excluding hydrogens is 317 g/mol. The van der Waals surface area contributed by atoms with E-state index >= 15 is 0 Å². The Labute approximate surface area is 129 Å². The highest BCUT2D eigenvalue weighted by Crippen LogP contribution is 2.23. The lowest BCUT2D eigenvalue weighted by molar-refractivity contribution is 0.0904. The molecule has 1 N–H and O–H groups in total. The lowest BCUT2D eigenvalue weighted by Gasteiger charge is -2.26. The number of benzene rings is 1. The van der Waals surface area contributed by atoms with Gasteiger partial charge in [-0.05, 0) is 44.9 Å². The molecule has 0 bridgehead atoms. The van der Waals surface area contributed by atoms with Crippen LogP contribution in [0.4, 0.5) is 4.39 Å². The second-order valence-electron chi connectivity index (χ2n) is 5.63. The Morgan fingerprint density at radius 1 is 1.38 bits per heavy atom. The minimum Gasteiger partial charge on any atom is -0.347 e. The summed E-state index contributed by atoms with van der Waals surface area (Å²) in [5.41, 5.74) is -0.782. The highest BCUT2D eigenvalue weighted by molar-refractivity contribution is 8.13. The van der Waals surface area contributed by atoms with E-state index in [0.29, 0.717) is 6.42 Å². The third-order valence-corrected chi connectivity index (χ3v) is 4.41. The molecule has 0 atom stereocenters. The van der Waals surface area contributed by atoms with Gasteiger partial charge in [-0.2, -0.15) is 0 Å². The number of hydrogen-bond acceptors (Lipinski definition) is 3. The Morgan fingerprint density at radius 3 is 2.43 bits per heavy atom. The molecular formula is C14H19ClFNO3S. The van der Waals surface area contributed by atoms with Gasteiger partial charge in [0.05, 0.1) is 10.5 Å². The number of aryl methyl sites for hydroxylation is 1. The van der Waals surface area contributed by atoms with E-state index in [9.17, 15) is 17.6 Å². The van der Waals surface area contributed by atoms with Gasteiger partial charge in [-0.3, -0.25) is 4.79 Å².